The lowest BCUT2D eigenvalue weighted by molar-refractivity contribution is -0.122. The summed E-state index contributed by atoms with van der Waals surface area (Å²) in [6, 6.07) is 8.38. The highest BCUT2D eigenvalue weighted by Gasteiger charge is 2.20. The lowest BCUT2D eigenvalue weighted by atomic mass is 10.0. The van der Waals surface area contributed by atoms with E-state index in [-0.39, 0.29) is 25.0 Å². The summed E-state index contributed by atoms with van der Waals surface area (Å²) in [5.74, 6) is -1.86. The van der Waals surface area contributed by atoms with Gasteiger partial charge in [-0.1, -0.05) is 19.3 Å². The molecule has 0 saturated carbocycles. The van der Waals surface area contributed by atoms with Gasteiger partial charge in [0, 0.05) is 44.1 Å². The van der Waals surface area contributed by atoms with E-state index in [1.54, 1.807) is 23.1 Å². The standard InChI is InChI=1S/C25H31F2N3O3/c1-33-17-24(31)30-10-6-4-2-3-5-9-28-16-20-13-19(7-8-23(20)30)25(32)29-15-18-11-21(26)14-22(27)12-18/h7-8,11-14,28H,2-6,9-10,15-17H2,1H3,(H,29,32). The SMILES string of the molecule is COCC(=O)N1CCCCCCCNCc2cc(C(=O)NCc3cc(F)cc(F)c3)ccc21. The molecule has 178 valence electrons. The molecule has 0 aliphatic carbocycles. The molecule has 1 heterocycles. The van der Waals surface area contributed by atoms with Crippen molar-refractivity contribution in [3.8, 4) is 0 Å². The van der Waals surface area contributed by atoms with Crippen molar-refractivity contribution in [1.82, 2.24) is 10.6 Å². The highest BCUT2D eigenvalue weighted by molar-refractivity contribution is 5.98. The molecule has 33 heavy (non-hydrogen) atoms. The Morgan fingerprint density at radius 1 is 1.03 bits per heavy atom. The van der Waals surface area contributed by atoms with Gasteiger partial charge in [-0.05, 0) is 60.8 Å². The molecule has 0 radical (unpaired) electrons. The van der Waals surface area contributed by atoms with Crippen LogP contribution in [0.5, 0.6) is 0 Å². The molecule has 1 aliphatic heterocycles. The quantitative estimate of drug-likeness (QED) is 0.711. The number of fused-ring (bicyclic) bond motifs is 1. The van der Waals surface area contributed by atoms with Crippen LogP contribution in [0, 0.1) is 11.6 Å². The molecular weight excluding hydrogens is 428 g/mol. The zero-order valence-electron chi connectivity index (χ0n) is 19.0. The first-order valence-electron chi connectivity index (χ1n) is 11.3. The number of benzene rings is 2. The first-order valence-corrected chi connectivity index (χ1v) is 11.3. The van der Waals surface area contributed by atoms with Crippen molar-refractivity contribution in [2.24, 2.45) is 0 Å². The molecule has 0 atom stereocenters. The second-order valence-corrected chi connectivity index (χ2v) is 8.23. The van der Waals surface area contributed by atoms with Crippen LogP contribution in [0.3, 0.4) is 0 Å². The number of rotatable bonds is 5. The third-order valence-corrected chi connectivity index (χ3v) is 5.63. The van der Waals surface area contributed by atoms with Crippen LogP contribution in [0.15, 0.2) is 36.4 Å². The molecule has 0 spiro atoms. The maximum Gasteiger partial charge on any atom is 0.252 e. The van der Waals surface area contributed by atoms with Gasteiger partial charge in [-0.3, -0.25) is 9.59 Å². The van der Waals surface area contributed by atoms with Crippen LogP contribution in [0.2, 0.25) is 0 Å². The molecule has 3 rings (SSSR count). The van der Waals surface area contributed by atoms with E-state index in [9.17, 15) is 18.4 Å². The van der Waals surface area contributed by atoms with Crippen LogP contribution in [0.25, 0.3) is 0 Å². The van der Waals surface area contributed by atoms with Crippen molar-refractivity contribution in [3.05, 3.63) is 64.7 Å². The smallest absolute Gasteiger partial charge is 0.252 e. The van der Waals surface area contributed by atoms with E-state index in [2.05, 4.69) is 10.6 Å². The number of methoxy groups -OCH3 is 1. The Balaban J connectivity index is 1.81. The topological polar surface area (TPSA) is 70.7 Å². The van der Waals surface area contributed by atoms with E-state index >= 15 is 0 Å². The predicted octanol–water partition coefficient (Wildman–Crippen LogP) is 3.93. The number of halogens is 2. The van der Waals surface area contributed by atoms with Gasteiger partial charge in [-0.15, -0.1) is 0 Å². The second kappa shape index (κ2) is 12.4. The highest BCUT2D eigenvalue weighted by Crippen LogP contribution is 2.24. The molecule has 2 aromatic carbocycles. The summed E-state index contributed by atoms with van der Waals surface area (Å²) in [5, 5.41) is 6.11. The summed E-state index contributed by atoms with van der Waals surface area (Å²) in [4.78, 5) is 27.2. The van der Waals surface area contributed by atoms with Gasteiger partial charge in [-0.2, -0.15) is 0 Å². The van der Waals surface area contributed by atoms with Gasteiger partial charge in [0.1, 0.15) is 18.2 Å². The predicted molar refractivity (Wildman–Crippen MR) is 123 cm³/mol. The fourth-order valence-electron chi connectivity index (χ4n) is 3.98. The molecule has 2 amide bonds. The molecule has 6 nitrogen and oxygen atoms in total. The van der Waals surface area contributed by atoms with E-state index in [4.69, 9.17) is 4.74 Å². The van der Waals surface area contributed by atoms with Crippen molar-refractivity contribution >= 4 is 17.5 Å². The molecule has 2 aromatic rings. The van der Waals surface area contributed by atoms with Crippen molar-refractivity contribution in [2.75, 3.05) is 31.7 Å². The lowest BCUT2D eigenvalue weighted by Crippen LogP contribution is -2.36. The van der Waals surface area contributed by atoms with Crippen LogP contribution < -0.4 is 15.5 Å². The lowest BCUT2D eigenvalue weighted by Gasteiger charge is -2.26. The number of amides is 2. The molecule has 1 aliphatic rings. The van der Waals surface area contributed by atoms with E-state index in [1.807, 2.05) is 0 Å². The molecular formula is C25H31F2N3O3. The van der Waals surface area contributed by atoms with Crippen LogP contribution in [-0.2, 0) is 22.6 Å². The molecule has 0 unspecified atom stereocenters. The van der Waals surface area contributed by atoms with E-state index < -0.39 is 11.6 Å². The van der Waals surface area contributed by atoms with Gasteiger partial charge in [0.05, 0.1) is 0 Å². The van der Waals surface area contributed by atoms with Crippen molar-refractivity contribution in [2.45, 2.75) is 45.2 Å². The molecule has 0 fully saturated rings. The number of carbonyl (C=O) groups is 2. The summed E-state index contributed by atoms with van der Waals surface area (Å²) in [6.45, 7) is 1.95. The average molecular weight is 460 g/mol. The minimum atomic E-state index is -0.689. The van der Waals surface area contributed by atoms with Crippen molar-refractivity contribution < 1.29 is 23.1 Å². The minimum absolute atomic E-state index is 0.00129. The Kier molecular flexibility index (Phi) is 9.33. The summed E-state index contributed by atoms with van der Waals surface area (Å²) in [5.41, 5.74) is 2.35. The van der Waals surface area contributed by atoms with Crippen molar-refractivity contribution in [1.29, 1.82) is 0 Å². The van der Waals surface area contributed by atoms with Gasteiger partial charge in [-0.25, -0.2) is 8.78 Å². The second-order valence-electron chi connectivity index (χ2n) is 8.23. The van der Waals surface area contributed by atoms with Gasteiger partial charge < -0.3 is 20.3 Å². The summed E-state index contributed by atoms with van der Waals surface area (Å²) in [6.07, 6.45) is 5.29. The maximum atomic E-state index is 13.4. The Morgan fingerprint density at radius 3 is 2.52 bits per heavy atom. The molecule has 8 heteroatoms. The Bertz CT molecular complexity index is 948. The van der Waals surface area contributed by atoms with Gasteiger partial charge in [0.15, 0.2) is 0 Å². The Morgan fingerprint density at radius 2 is 1.76 bits per heavy atom. The summed E-state index contributed by atoms with van der Waals surface area (Å²) < 4.78 is 31.9. The largest absolute Gasteiger partial charge is 0.375 e. The van der Waals surface area contributed by atoms with E-state index in [0.29, 0.717) is 24.2 Å². The number of anilines is 1. The summed E-state index contributed by atoms with van der Waals surface area (Å²) in [7, 11) is 1.49. The van der Waals surface area contributed by atoms with Crippen molar-refractivity contribution in [3.63, 3.8) is 0 Å². The number of carbonyl (C=O) groups excluding carboxylic acids is 2. The minimum Gasteiger partial charge on any atom is -0.375 e. The molecule has 2 N–H and O–H groups in total. The number of nitrogens with one attached hydrogen (secondary N) is 2. The normalized spacial score (nSPS) is 15.2. The third kappa shape index (κ3) is 7.33. The van der Waals surface area contributed by atoms with Crippen LogP contribution in [-0.4, -0.2) is 38.6 Å². The highest BCUT2D eigenvalue weighted by atomic mass is 19.1. The monoisotopic (exact) mass is 459 g/mol. The first-order chi connectivity index (χ1) is 16.0. The third-order valence-electron chi connectivity index (χ3n) is 5.63. The van der Waals surface area contributed by atoms with E-state index in [0.717, 1.165) is 56.0 Å². The molecule has 0 aromatic heterocycles. The Hall–Kier alpha value is -2.84. The fraction of sp³-hybridized carbons (Fsp3) is 0.440. The molecule has 0 bridgehead atoms. The van der Waals surface area contributed by atoms with E-state index in [1.165, 1.54) is 19.2 Å². The van der Waals surface area contributed by atoms with Crippen LogP contribution in [0.1, 0.15) is 53.6 Å². The number of hydrogen-bond donors (Lipinski definition) is 2. The number of ether oxygens (including phenoxy) is 1. The van der Waals surface area contributed by atoms with Crippen LogP contribution >= 0.6 is 0 Å². The number of hydrogen-bond acceptors (Lipinski definition) is 4. The van der Waals surface area contributed by atoms with Crippen LogP contribution in [0.4, 0.5) is 14.5 Å². The summed E-state index contributed by atoms with van der Waals surface area (Å²) >= 11 is 0. The zero-order valence-corrected chi connectivity index (χ0v) is 19.0. The average Bonchev–Trinajstić information content (AvgIpc) is 2.77. The number of nitrogens with zero attached hydrogens (tertiary/aromatic N) is 1. The fourth-order valence-corrected chi connectivity index (χ4v) is 3.98. The van der Waals surface area contributed by atoms with Gasteiger partial charge in [0.25, 0.3) is 11.8 Å². The molecule has 0 saturated heterocycles. The first kappa shape index (κ1) is 24.8. The van der Waals surface area contributed by atoms with Gasteiger partial charge >= 0.3 is 0 Å². The maximum absolute atomic E-state index is 13.4. The zero-order chi connectivity index (χ0) is 23.6. The Labute approximate surface area is 193 Å². The van der Waals surface area contributed by atoms with Gasteiger partial charge in [0.2, 0.25) is 0 Å².